The molecule has 0 aromatic carbocycles. The average Bonchev–Trinajstić information content (AvgIpc) is 2.61. The van der Waals surface area contributed by atoms with E-state index in [1.807, 2.05) is 0 Å². The molecular weight excluding hydrogens is 284 g/mol. The van der Waals surface area contributed by atoms with Gasteiger partial charge in [-0.1, -0.05) is 0 Å². The molecule has 0 radical (unpaired) electrons. The summed E-state index contributed by atoms with van der Waals surface area (Å²) in [5.74, 6) is -0.929. The van der Waals surface area contributed by atoms with Crippen LogP contribution in [0.5, 0.6) is 0 Å². The number of sulfone groups is 1. The molecule has 1 rings (SSSR count). The third kappa shape index (κ3) is 4.99. The molecule has 1 aliphatic rings. The Hall–Kier alpha value is -1.31. The van der Waals surface area contributed by atoms with E-state index in [4.69, 9.17) is 5.11 Å². The van der Waals surface area contributed by atoms with Crippen LogP contribution in [0.15, 0.2) is 0 Å². The largest absolute Gasteiger partial charge is 0.480 e. The number of carbonyl (C=O) groups is 2. The minimum absolute atomic E-state index is 0.0850. The van der Waals surface area contributed by atoms with Gasteiger partial charge in [0.05, 0.1) is 11.5 Å². The zero-order chi connectivity index (χ0) is 15.6. The summed E-state index contributed by atoms with van der Waals surface area (Å²) in [4.78, 5) is 24.1. The monoisotopic (exact) mass is 306 g/mol. The fourth-order valence-electron chi connectivity index (χ4n) is 2.11. The molecule has 2 amide bonds. The van der Waals surface area contributed by atoms with E-state index in [1.165, 1.54) is 4.90 Å². The number of hydrogen-bond donors (Lipinski definition) is 2. The Balaban J connectivity index is 2.57. The molecule has 0 spiro atoms. The van der Waals surface area contributed by atoms with Crippen molar-refractivity contribution in [1.82, 2.24) is 10.2 Å². The van der Waals surface area contributed by atoms with Crippen LogP contribution in [0, 0.1) is 5.92 Å². The van der Waals surface area contributed by atoms with Crippen LogP contribution >= 0.6 is 0 Å². The minimum atomic E-state index is -2.97. The van der Waals surface area contributed by atoms with Crippen molar-refractivity contribution in [2.75, 3.05) is 24.6 Å². The summed E-state index contributed by atoms with van der Waals surface area (Å²) in [6, 6.07) is -0.482. The van der Waals surface area contributed by atoms with Crippen molar-refractivity contribution < 1.29 is 23.1 Å². The molecule has 0 bridgehead atoms. The SMILES string of the molecule is CC(C)(C)N(CC(=O)O)C(=O)NCC1CCS(=O)(=O)C1. The molecule has 0 saturated carbocycles. The summed E-state index contributed by atoms with van der Waals surface area (Å²) in [6.45, 7) is 5.10. The highest BCUT2D eigenvalue weighted by atomic mass is 32.2. The molecule has 1 atom stereocenters. The van der Waals surface area contributed by atoms with Gasteiger partial charge >= 0.3 is 12.0 Å². The van der Waals surface area contributed by atoms with Crippen molar-refractivity contribution in [2.24, 2.45) is 5.92 Å². The number of nitrogens with one attached hydrogen (secondary N) is 1. The molecule has 1 heterocycles. The molecule has 1 unspecified atom stereocenters. The molecule has 0 aromatic heterocycles. The van der Waals surface area contributed by atoms with Gasteiger partial charge in [0.1, 0.15) is 6.54 Å². The smallest absolute Gasteiger partial charge is 0.323 e. The van der Waals surface area contributed by atoms with Crippen LogP contribution in [-0.2, 0) is 14.6 Å². The number of nitrogens with zero attached hydrogens (tertiary/aromatic N) is 1. The van der Waals surface area contributed by atoms with Crippen molar-refractivity contribution in [3.8, 4) is 0 Å². The van der Waals surface area contributed by atoms with Crippen LogP contribution in [0.25, 0.3) is 0 Å². The van der Waals surface area contributed by atoms with E-state index in [2.05, 4.69) is 5.32 Å². The minimum Gasteiger partial charge on any atom is -0.480 e. The molecule has 0 aliphatic carbocycles. The number of amides is 2. The lowest BCUT2D eigenvalue weighted by atomic mass is 10.1. The van der Waals surface area contributed by atoms with Gasteiger partial charge in [0, 0.05) is 12.1 Å². The van der Waals surface area contributed by atoms with Gasteiger partial charge in [0.2, 0.25) is 0 Å². The van der Waals surface area contributed by atoms with E-state index in [9.17, 15) is 18.0 Å². The number of carboxylic acids is 1. The third-order valence-corrected chi connectivity index (χ3v) is 5.05. The predicted octanol–water partition coefficient (Wildman–Crippen LogP) is 0.316. The zero-order valence-corrected chi connectivity index (χ0v) is 12.9. The Labute approximate surface area is 119 Å². The van der Waals surface area contributed by atoms with E-state index in [-0.39, 0.29) is 24.0 Å². The van der Waals surface area contributed by atoms with Gasteiger partial charge in [-0.25, -0.2) is 13.2 Å². The number of hydrogen-bond acceptors (Lipinski definition) is 4. The summed E-state index contributed by atoms with van der Waals surface area (Å²) in [6.07, 6.45) is 0.539. The maximum Gasteiger partial charge on any atom is 0.323 e. The third-order valence-electron chi connectivity index (χ3n) is 3.22. The van der Waals surface area contributed by atoms with E-state index >= 15 is 0 Å². The molecule has 1 saturated heterocycles. The van der Waals surface area contributed by atoms with Crippen molar-refractivity contribution in [1.29, 1.82) is 0 Å². The molecule has 7 nitrogen and oxygen atoms in total. The van der Waals surface area contributed by atoms with Gasteiger partial charge in [-0.15, -0.1) is 0 Å². The summed E-state index contributed by atoms with van der Waals surface area (Å²) in [7, 11) is -2.97. The second-order valence-corrected chi connectivity index (χ2v) is 8.33. The van der Waals surface area contributed by atoms with Gasteiger partial charge in [-0.2, -0.15) is 0 Å². The fourth-order valence-corrected chi connectivity index (χ4v) is 3.97. The summed E-state index contributed by atoms with van der Waals surface area (Å²) < 4.78 is 22.6. The maximum absolute atomic E-state index is 12.0. The molecule has 0 aromatic rings. The van der Waals surface area contributed by atoms with Gasteiger partial charge < -0.3 is 15.3 Å². The predicted molar refractivity (Wildman–Crippen MR) is 74.3 cm³/mol. The van der Waals surface area contributed by atoms with Crippen molar-refractivity contribution in [2.45, 2.75) is 32.7 Å². The molecule has 2 N–H and O–H groups in total. The molecule has 8 heteroatoms. The van der Waals surface area contributed by atoms with Crippen molar-refractivity contribution >= 4 is 21.8 Å². The quantitative estimate of drug-likeness (QED) is 0.778. The lowest BCUT2D eigenvalue weighted by Gasteiger charge is -2.34. The van der Waals surface area contributed by atoms with E-state index in [0.717, 1.165) is 0 Å². The van der Waals surface area contributed by atoms with Gasteiger partial charge in [-0.05, 0) is 33.1 Å². The number of rotatable bonds is 4. The first-order valence-electron chi connectivity index (χ1n) is 6.49. The van der Waals surface area contributed by atoms with Crippen molar-refractivity contribution in [3.05, 3.63) is 0 Å². The zero-order valence-electron chi connectivity index (χ0n) is 12.0. The number of carbonyl (C=O) groups excluding carboxylic acids is 1. The Kier molecular flexibility index (Phi) is 5.01. The molecular formula is C12H22N2O5S. The van der Waals surface area contributed by atoms with Gasteiger partial charge in [-0.3, -0.25) is 4.79 Å². The lowest BCUT2D eigenvalue weighted by molar-refractivity contribution is -0.138. The summed E-state index contributed by atoms with van der Waals surface area (Å²) in [5.41, 5.74) is -0.621. The van der Waals surface area contributed by atoms with E-state index < -0.39 is 33.9 Å². The first kappa shape index (κ1) is 16.7. The Bertz CT molecular complexity index is 481. The van der Waals surface area contributed by atoms with E-state index in [1.54, 1.807) is 20.8 Å². The first-order chi connectivity index (χ1) is 9.01. The molecule has 20 heavy (non-hydrogen) atoms. The first-order valence-corrected chi connectivity index (χ1v) is 8.31. The van der Waals surface area contributed by atoms with Crippen molar-refractivity contribution in [3.63, 3.8) is 0 Å². The Morgan fingerprint density at radius 1 is 1.35 bits per heavy atom. The topological polar surface area (TPSA) is 104 Å². The lowest BCUT2D eigenvalue weighted by Crippen LogP contribution is -2.53. The average molecular weight is 306 g/mol. The Morgan fingerprint density at radius 2 is 1.95 bits per heavy atom. The number of aliphatic carboxylic acids is 1. The van der Waals surface area contributed by atoms with Crippen LogP contribution < -0.4 is 5.32 Å². The highest BCUT2D eigenvalue weighted by molar-refractivity contribution is 7.91. The highest BCUT2D eigenvalue weighted by Gasteiger charge is 2.31. The van der Waals surface area contributed by atoms with E-state index in [0.29, 0.717) is 6.42 Å². The van der Waals surface area contributed by atoms with Crippen LogP contribution in [0.3, 0.4) is 0 Å². The van der Waals surface area contributed by atoms with Gasteiger partial charge in [0.25, 0.3) is 0 Å². The Morgan fingerprint density at radius 3 is 2.35 bits per heavy atom. The molecule has 1 aliphatic heterocycles. The second kappa shape index (κ2) is 5.99. The van der Waals surface area contributed by atoms with Crippen LogP contribution in [0.2, 0.25) is 0 Å². The number of carboxylic acid groups (broad SMARTS) is 1. The number of urea groups is 1. The molecule has 1 fully saturated rings. The maximum atomic E-state index is 12.0. The van der Waals surface area contributed by atoms with Crippen LogP contribution in [-0.4, -0.2) is 60.6 Å². The van der Waals surface area contributed by atoms with Crippen LogP contribution in [0.1, 0.15) is 27.2 Å². The van der Waals surface area contributed by atoms with Crippen LogP contribution in [0.4, 0.5) is 4.79 Å². The normalized spacial score (nSPS) is 21.4. The standard InChI is InChI=1S/C12H22N2O5S/c1-12(2,3)14(7-10(15)16)11(17)13-6-9-4-5-20(18,19)8-9/h9H,4-8H2,1-3H3,(H,13,17)(H,15,16). The fraction of sp³-hybridized carbons (Fsp3) is 0.833. The molecule has 116 valence electrons. The highest BCUT2D eigenvalue weighted by Crippen LogP contribution is 2.18. The summed E-state index contributed by atoms with van der Waals surface area (Å²) >= 11 is 0. The summed E-state index contributed by atoms with van der Waals surface area (Å²) in [5, 5.41) is 11.5. The van der Waals surface area contributed by atoms with Gasteiger partial charge in [0.15, 0.2) is 9.84 Å². The second-order valence-electron chi connectivity index (χ2n) is 6.11.